The molecule has 0 bridgehead atoms. The van der Waals surface area contributed by atoms with Crippen molar-refractivity contribution in [3.8, 4) is 6.07 Å². The van der Waals surface area contributed by atoms with Crippen LogP contribution in [0, 0.1) is 31.0 Å². The van der Waals surface area contributed by atoms with Crippen LogP contribution in [0.2, 0.25) is 0 Å². The smallest absolute Gasteiger partial charge is 0.245 e. The predicted molar refractivity (Wildman–Crippen MR) is 118 cm³/mol. The summed E-state index contributed by atoms with van der Waals surface area (Å²) in [6.45, 7) is 3.91. The normalized spacial score (nSPS) is 22.1. The number of Topliss-reactive ketones (excluding diaryl/α,β-unsaturated/α-hetero) is 1. The first-order valence-electron chi connectivity index (χ1n) is 10.5. The number of amides is 1. The number of aryl methyl sites for hydroxylation is 2. The maximum absolute atomic E-state index is 14.3. The maximum atomic E-state index is 14.3. The van der Waals surface area contributed by atoms with Gasteiger partial charge in [0.1, 0.15) is 23.1 Å². The summed E-state index contributed by atoms with van der Waals surface area (Å²) in [6, 6.07) is 11.9. The van der Waals surface area contributed by atoms with E-state index < -0.39 is 17.1 Å². The fourth-order valence-electron chi connectivity index (χ4n) is 5.34. The number of allylic oxidation sites excluding steroid dienone is 1. The molecule has 1 spiro atoms. The summed E-state index contributed by atoms with van der Waals surface area (Å²) in [6.07, 6.45) is 1.35. The molecule has 2 aliphatic heterocycles. The fourth-order valence-corrected chi connectivity index (χ4v) is 5.34. The Bertz CT molecular complexity index is 1310. The minimum Gasteiger partial charge on any atom is -0.384 e. The maximum Gasteiger partial charge on any atom is 0.245 e. The summed E-state index contributed by atoms with van der Waals surface area (Å²) in [5.41, 5.74) is 8.95. The molecule has 2 heterocycles. The van der Waals surface area contributed by atoms with Gasteiger partial charge in [-0.2, -0.15) is 5.26 Å². The van der Waals surface area contributed by atoms with Crippen molar-refractivity contribution in [2.24, 2.45) is 5.73 Å². The first kappa shape index (κ1) is 20.0. The van der Waals surface area contributed by atoms with E-state index in [1.165, 1.54) is 18.2 Å². The molecule has 0 unspecified atom stereocenters. The van der Waals surface area contributed by atoms with Gasteiger partial charge in [0.25, 0.3) is 0 Å². The molecule has 32 heavy (non-hydrogen) atoms. The molecule has 1 aliphatic carbocycles. The highest BCUT2D eigenvalue weighted by molar-refractivity contribution is 6.19. The highest BCUT2D eigenvalue weighted by atomic mass is 19.1. The molecule has 6 nitrogen and oxygen atoms in total. The Labute approximate surface area is 184 Å². The number of halogens is 1. The van der Waals surface area contributed by atoms with E-state index in [1.54, 1.807) is 4.90 Å². The number of nitrogens with two attached hydrogens (primary N) is 1. The van der Waals surface area contributed by atoms with Crippen molar-refractivity contribution in [1.29, 1.82) is 5.26 Å². The van der Waals surface area contributed by atoms with Gasteiger partial charge < -0.3 is 11.1 Å². The molecule has 2 aromatic carbocycles. The number of benzene rings is 2. The summed E-state index contributed by atoms with van der Waals surface area (Å²) >= 11 is 0. The topological polar surface area (TPSA) is 99.2 Å². The minimum absolute atomic E-state index is 0.0625. The molecule has 7 heteroatoms. The van der Waals surface area contributed by atoms with Crippen LogP contribution < -0.4 is 16.0 Å². The van der Waals surface area contributed by atoms with Crippen LogP contribution in [0.4, 0.5) is 15.8 Å². The van der Waals surface area contributed by atoms with Gasteiger partial charge in [-0.25, -0.2) is 4.39 Å². The summed E-state index contributed by atoms with van der Waals surface area (Å²) < 4.78 is 14.3. The van der Waals surface area contributed by atoms with Crippen molar-refractivity contribution in [2.75, 3.05) is 10.2 Å². The van der Waals surface area contributed by atoms with Crippen LogP contribution in [0.5, 0.6) is 0 Å². The summed E-state index contributed by atoms with van der Waals surface area (Å²) in [5.74, 6) is -1.26. The second kappa shape index (κ2) is 6.79. The van der Waals surface area contributed by atoms with E-state index in [0.717, 1.165) is 16.8 Å². The Kier molecular flexibility index (Phi) is 4.25. The van der Waals surface area contributed by atoms with Crippen LogP contribution in [-0.2, 0) is 15.0 Å². The van der Waals surface area contributed by atoms with Crippen LogP contribution in [0.25, 0.3) is 0 Å². The van der Waals surface area contributed by atoms with Crippen LogP contribution in [0.15, 0.2) is 59.1 Å². The van der Waals surface area contributed by atoms with E-state index in [0.29, 0.717) is 24.2 Å². The Balaban J connectivity index is 1.90. The van der Waals surface area contributed by atoms with Crippen LogP contribution >= 0.6 is 0 Å². The molecule has 0 saturated heterocycles. The summed E-state index contributed by atoms with van der Waals surface area (Å²) in [7, 11) is 0. The minimum atomic E-state index is -1.75. The zero-order valence-corrected chi connectivity index (χ0v) is 17.8. The van der Waals surface area contributed by atoms with Gasteiger partial charge in [-0.1, -0.05) is 6.07 Å². The molecule has 0 saturated carbocycles. The van der Waals surface area contributed by atoms with Gasteiger partial charge in [-0.3, -0.25) is 14.5 Å². The van der Waals surface area contributed by atoms with Gasteiger partial charge in [-0.15, -0.1) is 0 Å². The molecule has 5 rings (SSSR count). The number of fused-ring (bicyclic) bond motifs is 3. The fraction of sp³-hybridized carbons (Fsp3) is 0.240. The average molecular weight is 428 g/mol. The molecule has 0 fully saturated rings. The predicted octanol–water partition coefficient (Wildman–Crippen LogP) is 3.85. The lowest BCUT2D eigenvalue weighted by atomic mass is 9.64. The Morgan fingerprint density at radius 2 is 1.84 bits per heavy atom. The van der Waals surface area contributed by atoms with Crippen LogP contribution in [0.1, 0.15) is 36.0 Å². The molecule has 1 amide bonds. The van der Waals surface area contributed by atoms with E-state index >= 15 is 0 Å². The molecular formula is C25H21FN4O2. The largest absolute Gasteiger partial charge is 0.384 e. The first-order valence-corrected chi connectivity index (χ1v) is 10.5. The number of nitriles is 1. The third kappa shape index (κ3) is 2.50. The lowest BCUT2D eigenvalue weighted by molar-refractivity contribution is -0.122. The van der Waals surface area contributed by atoms with Crippen molar-refractivity contribution in [1.82, 2.24) is 0 Å². The van der Waals surface area contributed by atoms with Crippen molar-refractivity contribution in [2.45, 2.75) is 38.5 Å². The number of rotatable bonds is 1. The van der Waals surface area contributed by atoms with E-state index in [-0.39, 0.29) is 34.7 Å². The van der Waals surface area contributed by atoms with Gasteiger partial charge in [0.15, 0.2) is 5.78 Å². The van der Waals surface area contributed by atoms with E-state index in [1.807, 2.05) is 32.0 Å². The highest BCUT2D eigenvalue weighted by Gasteiger charge is 2.60. The quantitative estimate of drug-likeness (QED) is 0.719. The average Bonchev–Trinajstić information content (AvgIpc) is 3.00. The van der Waals surface area contributed by atoms with Crippen molar-refractivity contribution < 1.29 is 14.0 Å². The van der Waals surface area contributed by atoms with E-state index in [2.05, 4.69) is 11.4 Å². The molecule has 2 aromatic rings. The van der Waals surface area contributed by atoms with Crippen molar-refractivity contribution >= 4 is 23.1 Å². The number of hydrogen-bond acceptors (Lipinski definition) is 5. The number of nitrogens with one attached hydrogen (secondary N) is 1. The number of hydrogen-bond donors (Lipinski definition) is 2. The Morgan fingerprint density at radius 3 is 2.53 bits per heavy atom. The van der Waals surface area contributed by atoms with Gasteiger partial charge in [0.2, 0.25) is 5.91 Å². The number of carbonyl (C=O) groups is 2. The van der Waals surface area contributed by atoms with Crippen LogP contribution in [-0.4, -0.2) is 11.7 Å². The van der Waals surface area contributed by atoms with Gasteiger partial charge in [0, 0.05) is 34.6 Å². The molecule has 0 radical (unpaired) electrons. The van der Waals surface area contributed by atoms with Gasteiger partial charge in [0.05, 0.1) is 5.57 Å². The van der Waals surface area contributed by atoms with Gasteiger partial charge >= 0.3 is 0 Å². The second-order valence-electron chi connectivity index (χ2n) is 8.55. The second-order valence-corrected chi connectivity index (χ2v) is 8.55. The monoisotopic (exact) mass is 428 g/mol. The lowest BCUT2D eigenvalue weighted by Gasteiger charge is -2.43. The van der Waals surface area contributed by atoms with E-state index in [9.17, 15) is 19.2 Å². The zero-order valence-electron chi connectivity index (χ0n) is 17.8. The Morgan fingerprint density at radius 1 is 1.12 bits per heavy atom. The lowest BCUT2D eigenvalue weighted by Crippen LogP contribution is -2.50. The molecule has 3 aliphatic rings. The number of anilines is 2. The summed E-state index contributed by atoms with van der Waals surface area (Å²) in [5, 5.41) is 13.0. The Hall–Kier alpha value is -3.92. The van der Waals surface area contributed by atoms with E-state index in [4.69, 9.17) is 5.73 Å². The zero-order chi connectivity index (χ0) is 22.8. The van der Waals surface area contributed by atoms with Crippen LogP contribution in [0.3, 0.4) is 0 Å². The SMILES string of the molecule is Cc1cc(C)cc(N2C(N)=C(C#N)[C@@]3(C(=O)Nc4ccc(F)cc43)C3=C2CCCC3=O)c1. The summed E-state index contributed by atoms with van der Waals surface area (Å²) in [4.78, 5) is 28.6. The standard InChI is InChI=1S/C25H21FN4O2/c1-13-8-14(2)10-16(9-13)30-20-4-3-5-21(31)22(20)25(18(12-27)23(30)28)17-11-15(26)6-7-19(17)29-24(25)32/h6-11H,3-5,28H2,1-2H3,(H,29,32)/t25-/m1/s1. The molecule has 3 N–H and O–H groups in total. The molecule has 160 valence electrons. The molecular weight excluding hydrogens is 407 g/mol. The third-order valence-electron chi connectivity index (χ3n) is 6.45. The first-order chi connectivity index (χ1) is 15.3. The number of nitrogens with zero attached hydrogens (tertiary/aromatic N) is 2. The number of carbonyl (C=O) groups excluding carboxylic acids is 2. The van der Waals surface area contributed by atoms with Gasteiger partial charge in [-0.05, 0) is 68.1 Å². The number of ketones is 1. The molecule has 0 aromatic heterocycles. The van der Waals surface area contributed by atoms with Crippen molar-refractivity contribution in [3.05, 3.63) is 81.6 Å². The third-order valence-corrected chi connectivity index (χ3v) is 6.45. The highest BCUT2D eigenvalue weighted by Crippen LogP contribution is 2.55. The molecule has 1 atom stereocenters. The van der Waals surface area contributed by atoms with Crippen molar-refractivity contribution in [3.63, 3.8) is 0 Å².